The maximum absolute atomic E-state index is 12.6. The second-order valence-corrected chi connectivity index (χ2v) is 9.31. The molecule has 1 aliphatic carbocycles. The molecular weight excluding hydrogens is 388 g/mol. The Kier molecular flexibility index (Phi) is 3.52. The van der Waals surface area contributed by atoms with Gasteiger partial charge in [-0.05, 0) is 19.4 Å². The van der Waals surface area contributed by atoms with E-state index in [0.717, 1.165) is 38.5 Å². The van der Waals surface area contributed by atoms with Crippen molar-refractivity contribution in [3.8, 4) is 0 Å². The first-order valence-corrected chi connectivity index (χ1v) is 8.22. The first-order valence-electron chi connectivity index (χ1n) is 6.63. The summed E-state index contributed by atoms with van der Waals surface area (Å²) in [6.07, 6.45) is 4.32. The number of rotatable bonds is 2. The van der Waals surface area contributed by atoms with Crippen LogP contribution in [0.25, 0.3) is 0 Å². The van der Waals surface area contributed by atoms with Crippen molar-refractivity contribution in [2.45, 2.75) is 16.6 Å². The quantitative estimate of drug-likeness (QED) is 0.709. The van der Waals surface area contributed by atoms with Gasteiger partial charge in [0, 0.05) is 38.6 Å². The first kappa shape index (κ1) is 14.3. The maximum Gasteiger partial charge on any atom is 0.231 e. The van der Waals surface area contributed by atoms with Gasteiger partial charge in [0.1, 0.15) is 0 Å². The molecule has 1 aromatic rings. The standard InChI is InChI=1S/C13H16Br2N4O/c1-12(9-13(12,14)15)10(20)18-5-7-19(8-6-18)11-16-3-2-4-17-11/h2-4H,5-9H2,1H3. The largest absolute Gasteiger partial charge is 0.339 e. The van der Waals surface area contributed by atoms with Gasteiger partial charge in [0.05, 0.1) is 8.65 Å². The lowest BCUT2D eigenvalue weighted by Crippen LogP contribution is -2.51. The van der Waals surface area contributed by atoms with Crippen LogP contribution in [0, 0.1) is 5.41 Å². The van der Waals surface area contributed by atoms with Gasteiger partial charge in [-0.25, -0.2) is 9.97 Å². The third-order valence-corrected chi connectivity index (χ3v) is 6.44. The van der Waals surface area contributed by atoms with E-state index in [0.29, 0.717) is 0 Å². The molecule has 2 aliphatic rings. The number of carbonyl (C=O) groups excluding carboxylic acids is 1. The third-order valence-electron chi connectivity index (χ3n) is 4.13. The number of hydrogen-bond acceptors (Lipinski definition) is 4. The molecule has 2 heterocycles. The molecule has 1 saturated heterocycles. The number of amides is 1. The summed E-state index contributed by atoms with van der Waals surface area (Å²) in [5, 5.41) is 0. The molecule has 0 radical (unpaired) electrons. The normalized spacial score (nSPS) is 28.4. The molecule has 3 rings (SSSR count). The number of hydrogen-bond donors (Lipinski definition) is 0. The summed E-state index contributed by atoms with van der Waals surface area (Å²) in [7, 11) is 0. The van der Waals surface area contributed by atoms with Gasteiger partial charge in [0.15, 0.2) is 0 Å². The van der Waals surface area contributed by atoms with E-state index in [1.54, 1.807) is 12.4 Å². The monoisotopic (exact) mass is 402 g/mol. The molecule has 1 aliphatic heterocycles. The average Bonchev–Trinajstić information content (AvgIpc) is 2.99. The van der Waals surface area contributed by atoms with E-state index in [2.05, 4.69) is 46.7 Å². The summed E-state index contributed by atoms with van der Waals surface area (Å²) in [6, 6.07) is 1.81. The zero-order valence-corrected chi connectivity index (χ0v) is 14.4. The van der Waals surface area contributed by atoms with E-state index < -0.39 is 0 Å². The molecule has 0 spiro atoms. The SMILES string of the molecule is CC1(C(=O)N2CCN(c3ncccn3)CC2)CC1(Br)Br. The number of nitrogens with zero attached hydrogens (tertiary/aromatic N) is 4. The molecule has 7 heteroatoms. The average molecular weight is 404 g/mol. The highest BCUT2D eigenvalue weighted by Crippen LogP contribution is 2.66. The van der Waals surface area contributed by atoms with Crippen LogP contribution in [-0.2, 0) is 4.79 Å². The first-order chi connectivity index (χ1) is 9.44. The van der Waals surface area contributed by atoms with Crippen molar-refractivity contribution in [3.63, 3.8) is 0 Å². The molecule has 0 N–H and O–H groups in total. The molecule has 1 saturated carbocycles. The minimum atomic E-state index is -0.321. The zero-order chi connectivity index (χ0) is 14.4. The lowest BCUT2D eigenvalue weighted by Gasteiger charge is -2.36. The summed E-state index contributed by atoms with van der Waals surface area (Å²) < 4.78 is -0.218. The second-order valence-electron chi connectivity index (χ2n) is 5.54. The topological polar surface area (TPSA) is 49.3 Å². The van der Waals surface area contributed by atoms with Crippen molar-refractivity contribution in [1.29, 1.82) is 0 Å². The van der Waals surface area contributed by atoms with Gasteiger partial charge in [-0.15, -0.1) is 0 Å². The predicted molar refractivity (Wildman–Crippen MR) is 84.1 cm³/mol. The number of halogens is 2. The fourth-order valence-electron chi connectivity index (χ4n) is 2.54. The van der Waals surface area contributed by atoms with Crippen LogP contribution in [0.3, 0.4) is 0 Å². The Morgan fingerprint density at radius 1 is 1.20 bits per heavy atom. The maximum atomic E-state index is 12.6. The molecular formula is C13H16Br2N4O. The van der Waals surface area contributed by atoms with Crippen LogP contribution >= 0.6 is 31.9 Å². The van der Waals surface area contributed by atoms with E-state index in [-0.39, 0.29) is 14.6 Å². The Balaban J connectivity index is 1.61. The summed E-state index contributed by atoms with van der Waals surface area (Å²) in [5.41, 5.74) is -0.321. The molecule has 5 nitrogen and oxygen atoms in total. The number of piperazine rings is 1. The van der Waals surface area contributed by atoms with Gasteiger partial charge in [0.25, 0.3) is 0 Å². The Bertz CT molecular complexity index is 516. The molecule has 20 heavy (non-hydrogen) atoms. The van der Waals surface area contributed by atoms with E-state index in [9.17, 15) is 4.79 Å². The van der Waals surface area contributed by atoms with Crippen LogP contribution in [-0.4, -0.2) is 50.2 Å². The van der Waals surface area contributed by atoms with Gasteiger partial charge in [-0.3, -0.25) is 4.79 Å². The minimum absolute atomic E-state index is 0.218. The van der Waals surface area contributed by atoms with E-state index in [1.165, 1.54) is 0 Å². The van der Waals surface area contributed by atoms with Crippen molar-refractivity contribution < 1.29 is 4.79 Å². The van der Waals surface area contributed by atoms with Crippen LogP contribution in [0.2, 0.25) is 0 Å². The van der Waals surface area contributed by atoms with Crippen molar-refractivity contribution in [1.82, 2.24) is 14.9 Å². The van der Waals surface area contributed by atoms with E-state index in [4.69, 9.17) is 0 Å². The molecule has 0 bridgehead atoms. The number of aromatic nitrogens is 2. The van der Waals surface area contributed by atoms with Crippen molar-refractivity contribution in [3.05, 3.63) is 18.5 Å². The van der Waals surface area contributed by atoms with Crippen molar-refractivity contribution in [2.24, 2.45) is 5.41 Å². The van der Waals surface area contributed by atoms with Gasteiger partial charge >= 0.3 is 0 Å². The van der Waals surface area contributed by atoms with Gasteiger partial charge in [-0.2, -0.15) is 0 Å². The fraction of sp³-hybridized carbons (Fsp3) is 0.615. The fourth-order valence-corrected chi connectivity index (χ4v) is 4.01. The number of anilines is 1. The summed E-state index contributed by atoms with van der Waals surface area (Å²) in [6.45, 7) is 5.02. The lowest BCUT2D eigenvalue weighted by molar-refractivity contribution is -0.136. The minimum Gasteiger partial charge on any atom is -0.339 e. The number of alkyl halides is 2. The summed E-state index contributed by atoms with van der Waals surface area (Å²) in [4.78, 5) is 25.1. The molecule has 0 aromatic carbocycles. The van der Waals surface area contributed by atoms with Crippen LogP contribution in [0.4, 0.5) is 5.95 Å². The lowest BCUT2D eigenvalue weighted by atomic mass is 10.1. The van der Waals surface area contributed by atoms with Crippen molar-refractivity contribution in [2.75, 3.05) is 31.1 Å². The van der Waals surface area contributed by atoms with Crippen LogP contribution in [0.15, 0.2) is 18.5 Å². The molecule has 1 aromatic heterocycles. The predicted octanol–water partition coefficient (Wildman–Crippen LogP) is 2.02. The molecule has 1 atom stereocenters. The van der Waals surface area contributed by atoms with Gasteiger partial charge < -0.3 is 9.80 Å². The van der Waals surface area contributed by atoms with Crippen LogP contribution < -0.4 is 4.90 Å². The summed E-state index contributed by atoms with van der Waals surface area (Å²) >= 11 is 7.13. The molecule has 108 valence electrons. The number of carbonyl (C=O) groups is 1. The van der Waals surface area contributed by atoms with Crippen LogP contribution in [0.1, 0.15) is 13.3 Å². The van der Waals surface area contributed by atoms with Gasteiger partial charge in [0.2, 0.25) is 11.9 Å². The second kappa shape index (κ2) is 4.94. The third kappa shape index (κ3) is 2.35. The smallest absolute Gasteiger partial charge is 0.231 e. The van der Waals surface area contributed by atoms with Crippen LogP contribution in [0.5, 0.6) is 0 Å². The highest BCUT2D eigenvalue weighted by atomic mass is 79.9. The summed E-state index contributed by atoms with van der Waals surface area (Å²) in [5.74, 6) is 0.965. The zero-order valence-electron chi connectivity index (χ0n) is 11.2. The Morgan fingerprint density at radius 3 is 2.25 bits per heavy atom. The van der Waals surface area contributed by atoms with Gasteiger partial charge in [-0.1, -0.05) is 31.9 Å². The van der Waals surface area contributed by atoms with E-state index >= 15 is 0 Å². The molecule has 1 amide bonds. The highest BCUT2D eigenvalue weighted by molar-refractivity contribution is 9.25. The molecule has 1 unspecified atom stereocenters. The Hall–Kier alpha value is -0.690. The Labute approximate surface area is 135 Å². The van der Waals surface area contributed by atoms with E-state index in [1.807, 2.05) is 17.9 Å². The Morgan fingerprint density at radius 2 is 1.75 bits per heavy atom. The highest BCUT2D eigenvalue weighted by Gasteiger charge is 2.67. The van der Waals surface area contributed by atoms with Crippen molar-refractivity contribution >= 4 is 43.7 Å². The molecule has 2 fully saturated rings.